The summed E-state index contributed by atoms with van der Waals surface area (Å²) in [5.41, 5.74) is 0.967. The minimum Gasteiger partial charge on any atom is -0.352 e. The Morgan fingerprint density at radius 1 is 0.793 bits per heavy atom. The number of hydrogen-bond acceptors (Lipinski definition) is 2. The van der Waals surface area contributed by atoms with Gasteiger partial charge in [-0.2, -0.15) is 0 Å². The van der Waals surface area contributed by atoms with E-state index in [1.165, 1.54) is 50.7 Å². The number of rotatable bonds is 4. The molecule has 29 heavy (non-hydrogen) atoms. The molecule has 0 atom stereocenters. The van der Waals surface area contributed by atoms with Crippen LogP contribution in [0.4, 0.5) is 8.78 Å². The molecule has 160 valence electrons. The third-order valence-electron chi connectivity index (χ3n) is 7.47. The van der Waals surface area contributed by atoms with Gasteiger partial charge in [0.2, 0.25) is 0 Å². The van der Waals surface area contributed by atoms with Gasteiger partial charge in [-0.15, -0.1) is 0 Å². The third kappa shape index (κ3) is 5.08. The number of hydrogen-bond donors (Lipinski definition) is 0. The number of allylic oxidation sites excluding steroid dienone is 1. The van der Waals surface area contributed by atoms with Crippen LogP contribution in [0.1, 0.15) is 69.8 Å². The molecule has 0 radical (unpaired) electrons. The molecule has 0 aromatic heterocycles. The van der Waals surface area contributed by atoms with Crippen molar-refractivity contribution in [2.45, 2.75) is 70.5 Å². The highest BCUT2D eigenvalue weighted by atomic mass is 19.2. The Hall–Kier alpha value is -1.26. The lowest BCUT2D eigenvalue weighted by Gasteiger charge is -2.41. The molecule has 1 heterocycles. The molecule has 3 aliphatic rings. The largest absolute Gasteiger partial charge is 0.352 e. The van der Waals surface area contributed by atoms with E-state index >= 15 is 0 Å². The van der Waals surface area contributed by atoms with Gasteiger partial charge in [0.05, 0.1) is 13.2 Å². The van der Waals surface area contributed by atoms with Crippen LogP contribution in [0.2, 0.25) is 0 Å². The van der Waals surface area contributed by atoms with Gasteiger partial charge in [-0.05, 0) is 93.7 Å². The summed E-state index contributed by atoms with van der Waals surface area (Å²) in [6.45, 7) is 3.60. The van der Waals surface area contributed by atoms with Crippen molar-refractivity contribution < 1.29 is 18.3 Å². The first kappa shape index (κ1) is 21.0. The molecular weight excluding hydrogens is 370 g/mol. The Bertz CT molecular complexity index is 680. The van der Waals surface area contributed by atoms with Crippen LogP contribution in [0.5, 0.6) is 0 Å². The molecular formula is C25H34F2O2. The Balaban J connectivity index is 1.21. The first-order valence-electron chi connectivity index (χ1n) is 11.4. The fourth-order valence-electron chi connectivity index (χ4n) is 5.77. The van der Waals surface area contributed by atoms with E-state index in [1.807, 2.05) is 6.92 Å². The van der Waals surface area contributed by atoms with E-state index in [0.29, 0.717) is 17.8 Å². The Kier molecular flexibility index (Phi) is 7.02. The van der Waals surface area contributed by atoms with Gasteiger partial charge in [0.25, 0.3) is 0 Å². The summed E-state index contributed by atoms with van der Waals surface area (Å²) < 4.78 is 38.8. The Morgan fingerprint density at radius 2 is 1.38 bits per heavy atom. The van der Waals surface area contributed by atoms with Crippen molar-refractivity contribution in [3.63, 3.8) is 0 Å². The zero-order chi connectivity index (χ0) is 20.2. The van der Waals surface area contributed by atoms with Crippen molar-refractivity contribution in [1.82, 2.24) is 0 Å². The van der Waals surface area contributed by atoms with Crippen LogP contribution in [0, 0.1) is 35.3 Å². The molecule has 2 saturated carbocycles. The second-order valence-corrected chi connectivity index (χ2v) is 9.28. The SMILES string of the molecule is C/C=C/C1COC(C2CCC(C3CCC(c4ccc(F)c(F)c4)CC3)CC2)OC1. The highest BCUT2D eigenvalue weighted by molar-refractivity contribution is 5.22. The number of ether oxygens (including phenoxy) is 2. The molecule has 1 aromatic rings. The topological polar surface area (TPSA) is 18.5 Å². The van der Waals surface area contributed by atoms with Gasteiger partial charge < -0.3 is 9.47 Å². The monoisotopic (exact) mass is 404 g/mol. The lowest BCUT2D eigenvalue weighted by atomic mass is 9.68. The summed E-state index contributed by atoms with van der Waals surface area (Å²) >= 11 is 0. The maximum atomic E-state index is 13.6. The quantitative estimate of drug-likeness (QED) is 0.526. The van der Waals surface area contributed by atoms with E-state index in [-0.39, 0.29) is 6.29 Å². The molecule has 2 aliphatic carbocycles. The molecule has 0 bridgehead atoms. The van der Waals surface area contributed by atoms with Crippen LogP contribution in [-0.4, -0.2) is 19.5 Å². The number of halogens is 2. The van der Waals surface area contributed by atoms with Gasteiger partial charge in [0.15, 0.2) is 17.9 Å². The van der Waals surface area contributed by atoms with Crippen molar-refractivity contribution in [3.8, 4) is 0 Å². The zero-order valence-electron chi connectivity index (χ0n) is 17.5. The van der Waals surface area contributed by atoms with E-state index in [4.69, 9.17) is 9.47 Å². The average Bonchev–Trinajstić information content (AvgIpc) is 2.77. The van der Waals surface area contributed by atoms with E-state index in [9.17, 15) is 8.78 Å². The van der Waals surface area contributed by atoms with Gasteiger partial charge in [0, 0.05) is 11.8 Å². The van der Waals surface area contributed by atoms with Crippen LogP contribution in [-0.2, 0) is 9.47 Å². The highest BCUT2D eigenvalue weighted by Crippen LogP contribution is 2.45. The second-order valence-electron chi connectivity index (χ2n) is 9.28. The fourth-order valence-corrected chi connectivity index (χ4v) is 5.77. The van der Waals surface area contributed by atoms with Gasteiger partial charge in [0.1, 0.15) is 0 Å². The van der Waals surface area contributed by atoms with E-state index in [1.54, 1.807) is 6.07 Å². The van der Waals surface area contributed by atoms with Crippen molar-refractivity contribution >= 4 is 0 Å². The number of benzene rings is 1. The standard InChI is InChI=1S/C25H34F2O2/c1-2-3-17-15-28-25(29-16-17)21-10-8-19(9-11-21)18-4-6-20(7-5-18)22-12-13-23(26)24(27)14-22/h2-3,12-14,17-21,25H,4-11,15-16H2,1H3/b3-2+. The summed E-state index contributed by atoms with van der Waals surface area (Å²) in [5, 5.41) is 0. The van der Waals surface area contributed by atoms with E-state index in [2.05, 4.69) is 12.2 Å². The summed E-state index contributed by atoms with van der Waals surface area (Å²) in [7, 11) is 0. The van der Waals surface area contributed by atoms with Gasteiger partial charge in [-0.25, -0.2) is 8.78 Å². The second kappa shape index (κ2) is 9.70. The van der Waals surface area contributed by atoms with E-state index < -0.39 is 11.6 Å². The fraction of sp³-hybridized carbons (Fsp3) is 0.680. The first-order valence-corrected chi connectivity index (χ1v) is 11.4. The summed E-state index contributed by atoms with van der Waals surface area (Å²) in [6, 6.07) is 4.43. The molecule has 4 heteroatoms. The van der Waals surface area contributed by atoms with E-state index in [0.717, 1.165) is 43.5 Å². The average molecular weight is 405 g/mol. The maximum absolute atomic E-state index is 13.6. The molecule has 0 N–H and O–H groups in total. The summed E-state index contributed by atoms with van der Waals surface area (Å²) in [6.07, 6.45) is 13.8. The predicted molar refractivity (Wildman–Crippen MR) is 111 cm³/mol. The predicted octanol–water partition coefficient (Wildman–Crippen LogP) is 6.61. The minimum absolute atomic E-state index is 0.0124. The van der Waals surface area contributed by atoms with Crippen molar-refractivity contribution in [2.75, 3.05) is 13.2 Å². The van der Waals surface area contributed by atoms with Gasteiger partial charge in [-0.3, -0.25) is 0 Å². The Morgan fingerprint density at radius 3 is 1.97 bits per heavy atom. The molecule has 0 spiro atoms. The van der Waals surface area contributed by atoms with Crippen LogP contribution < -0.4 is 0 Å². The van der Waals surface area contributed by atoms with Crippen LogP contribution >= 0.6 is 0 Å². The van der Waals surface area contributed by atoms with Gasteiger partial charge in [-0.1, -0.05) is 18.2 Å². The highest BCUT2D eigenvalue weighted by Gasteiger charge is 2.35. The molecule has 2 nitrogen and oxygen atoms in total. The summed E-state index contributed by atoms with van der Waals surface area (Å²) in [4.78, 5) is 0. The molecule has 1 saturated heterocycles. The lowest BCUT2D eigenvalue weighted by Crippen LogP contribution is -2.38. The van der Waals surface area contributed by atoms with Crippen molar-refractivity contribution in [1.29, 1.82) is 0 Å². The first-order chi connectivity index (χ1) is 14.1. The van der Waals surface area contributed by atoms with Crippen LogP contribution in [0.25, 0.3) is 0 Å². The molecule has 0 unspecified atom stereocenters. The van der Waals surface area contributed by atoms with Crippen LogP contribution in [0.3, 0.4) is 0 Å². The van der Waals surface area contributed by atoms with Crippen LogP contribution in [0.15, 0.2) is 30.4 Å². The Labute approximate surface area is 173 Å². The van der Waals surface area contributed by atoms with Gasteiger partial charge >= 0.3 is 0 Å². The third-order valence-corrected chi connectivity index (χ3v) is 7.47. The molecule has 4 rings (SSSR count). The lowest BCUT2D eigenvalue weighted by molar-refractivity contribution is -0.223. The zero-order valence-corrected chi connectivity index (χ0v) is 17.5. The molecule has 3 fully saturated rings. The van der Waals surface area contributed by atoms with Crippen molar-refractivity contribution in [3.05, 3.63) is 47.5 Å². The maximum Gasteiger partial charge on any atom is 0.160 e. The minimum atomic E-state index is -0.748. The summed E-state index contributed by atoms with van der Waals surface area (Å²) in [5.74, 6) is 1.44. The normalized spacial score (nSPS) is 36.4. The smallest absolute Gasteiger partial charge is 0.160 e. The molecule has 1 aromatic carbocycles. The van der Waals surface area contributed by atoms with Crippen molar-refractivity contribution in [2.24, 2.45) is 23.7 Å². The molecule has 1 aliphatic heterocycles. The molecule has 0 amide bonds.